The number of piperazine rings is 1. The Balaban J connectivity index is 1.51. The first kappa shape index (κ1) is 23.4. The molecule has 1 aromatic rings. The topological polar surface area (TPSA) is 96.7 Å². The molecule has 0 aliphatic carbocycles. The number of piperidine rings is 1. The van der Waals surface area contributed by atoms with Crippen molar-refractivity contribution in [2.24, 2.45) is 5.92 Å². The van der Waals surface area contributed by atoms with Gasteiger partial charge in [-0.05, 0) is 49.4 Å². The van der Waals surface area contributed by atoms with E-state index in [9.17, 15) is 18.5 Å². The van der Waals surface area contributed by atoms with Crippen LogP contribution in [-0.4, -0.2) is 75.2 Å². The average Bonchev–Trinajstić information content (AvgIpc) is 2.75. The zero-order valence-corrected chi connectivity index (χ0v) is 19.3. The van der Waals surface area contributed by atoms with E-state index in [1.165, 1.54) is 19.3 Å². The first-order valence-electron chi connectivity index (χ1n) is 11.1. The Labute approximate surface area is 185 Å². The number of sulfonamides is 1. The van der Waals surface area contributed by atoms with Crippen LogP contribution in [0.15, 0.2) is 24.3 Å². The highest BCUT2D eigenvalue weighted by Crippen LogP contribution is 2.22. The summed E-state index contributed by atoms with van der Waals surface area (Å²) in [6.45, 7) is 8.08. The van der Waals surface area contributed by atoms with Crippen molar-refractivity contribution in [3.63, 3.8) is 0 Å². The minimum Gasteiger partial charge on any atom is -0.372 e. The molecule has 3 rings (SSSR count). The van der Waals surface area contributed by atoms with Crippen LogP contribution in [0.5, 0.6) is 0 Å². The molecule has 2 aliphatic heterocycles. The molecule has 1 amide bonds. The fourth-order valence-electron chi connectivity index (χ4n) is 4.26. The molecule has 2 fully saturated rings. The molecule has 1 atom stereocenters. The van der Waals surface area contributed by atoms with Gasteiger partial charge in [-0.2, -0.15) is 5.26 Å². The van der Waals surface area contributed by atoms with E-state index in [0.717, 1.165) is 18.8 Å². The molecule has 9 heteroatoms. The van der Waals surface area contributed by atoms with Crippen LogP contribution < -0.4 is 9.62 Å². The Bertz CT molecular complexity index is 881. The van der Waals surface area contributed by atoms with Crippen LogP contribution in [-0.2, 0) is 14.8 Å². The molecule has 2 heterocycles. The van der Waals surface area contributed by atoms with Crippen LogP contribution in [0, 0.1) is 17.2 Å². The van der Waals surface area contributed by atoms with Crippen LogP contribution in [0.1, 0.15) is 33.1 Å². The van der Waals surface area contributed by atoms with Crippen LogP contribution in [0.3, 0.4) is 0 Å². The molecule has 1 unspecified atom stereocenters. The number of nitriles is 1. The van der Waals surface area contributed by atoms with Crippen molar-refractivity contribution in [2.75, 3.05) is 54.6 Å². The molecule has 0 radical (unpaired) electrons. The molecule has 0 saturated carbocycles. The fraction of sp³-hybridized carbons (Fsp3) is 0.636. The second-order valence-electron chi connectivity index (χ2n) is 8.69. The second-order valence-corrected chi connectivity index (χ2v) is 10.4. The third-order valence-electron chi connectivity index (χ3n) is 6.00. The Morgan fingerprint density at radius 3 is 2.19 bits per heavy atom. The number of hydrogen-bond donors (Lipinski definition) is 1. The molecular weight excluding hydrogens is 414 g/mol. The van der Waals surface area contributed by atoms with Gasteiger partial charge in [0.15, 0.2) is 0 Å². The standard InChI is InChI=1S/C22H33N5O3S/c1-18(2)21(16-23)26-12-14-27(15-13-26)22(28)17-31(29,30)24-19-6-8-20(9-7-19)25-10-4-3-5-11-25/h6-9,18,21,24H,3-5,10-15,17H2,1-2H3. The van der Waals surface area contributed by atoms with E-state index in [1.807, 2.05) is 26.0 Å². The number of anilines is 2. The zero-order valence-electron chi connectivity index (χ0n) is 18.5. The number of carbonyl (C=O) groups excluding carboxylic acids is 1. The van der Waals surface area contributed by atoms with Crippen molar-refractivity contribution in [1.82, 2.24) is 9.80 Å². The van der Waals surface area contributed by atoms with Gasteiger partial charge in [-0.3, -0.25) is 14.4 Å². The largest absolute Gasteiger partial charge is 0.372 e. The summed E-state index contributed by atoms with van der Waals surface area (Å²) in [5.74, 6) is -0.777. The summed E-state index contributed by atoms with van der Waals surface area (Å²) in [6.07, 6.45) is 3.62. The van der Waals surface area contributed by atoms with Crippen LogP contribution in [0.2, 0.25) is 0 Å². The quantitative estimate of drug-likeness (QED) is 0.688. The minimum absolute atomic E-state index is 0.185. The van der Waals surface area contributed by atoms with Gasteiger partial charge >= 0.3 is 0 Å². The molecule has 1 N–H and O–H groups in total. The Morgan fingerprint density at radius 2 is 1.65 bits per heavy atom. The predicted octanol–water partition coefficient (Wildman–Crippen LogP) is 2.11. The maximum atomic E-state index is 12.6. The Morgan fingerprint density at radius 1 is 1.03 bits per heavy atom. The van der Waals surface area contributed by atoms with E-state index >= 15 is 0 Å². The average molecular weight is 448 g/mol. The number of nitrogens with zero attached hydrogens (tertiary/aromatic N) is 4. The smallest absolute Gasteiger partial charge is 0.241 e. The van der Waals surface area contributed by atoms with Gasteiger partial charge in [0.1, 0.15) is 11.8 Å². The van der Waals surface area contributed by atoms with E-state index in [2.05, 4.69) is 20.6 Å². The fourth-order valence-corrected chi connectivity index (χ4v) is 5.34. The van der Waals surface area contributed by atoms with Crippen LogP contribution in [0.25, 0.3) is 0 Å². The predicted molar refractivity (Wildman–Crippen MR) is 122 cm³/mol. The number of benzene rings is 1. The molecule has 31 heavy (non-hydrogen) atoms. The Kier molecular flexibility index (Phi) is 7.79. The highest BCUT2D eigenvalue weighted by atomic mass is 32.2. The lowest BCUT2D eigenvalue weighted by Crippen LogP contribution is -2.53. The van der Waals surface area contributed by atoms with Crippen molar-refractivity contribution < 1.29 is 13.2 Å². The van der Waals surface area contributed by atoms with Crippen LogP contribution in [0.4, 0.5) is 11.4 Å². The van der Waals surface area contributed by atoms with Crippen molar-refractivity contribution in [1.29, 1.82) is 5.26 Å². The van der Waals surface area contributed by atoms with Gasteiger partial charge in [-0.1, -0.05) is 13.8 Å². The van der Waals surface area contributed by atoms with Gasteiger partial charge in [0.2, 0.25) is 15.9 Å². The molecular formula is C22H33N5O3S. The molecule has 170 valence electrons. The molecule has 0 bridgehead atoms. The minimum atomic E-state index is -3.79. The van der Waals surface area contributed by atoms with E-state index in [0.29, 0.717) is 31.9 Å². The van der Waals surface area contributed by atoms with Crippen molar-refractivity contribution >= 4 is 27.3 Å². The lowest BCUT2D eigenvalue weighted by atomic mass is 10.0. The van der Waals surface area contributed by atoms with E-state index in [4.69, 9.17) is 0 Å². The van der Waals surface area contributed by atoms with Crippen LogP contribution >= 0.6 is 0 Å². The van der Waals surface area contributed by atoms with Gasteiger partial charge in [0.05, 0.1) is 6.07 Å². The molecule has 2 saturated heterocycles. The first-order valence-corrected chi connectivity index (χ1v) is 12.7. The lowest BCUT2D eigenvalue weighted by Gasteiger charge is -2.38. The molecule has 0 spiro atoms. The Hall–Kier alpha value is -2.31. The summed E-state index contributed by atoms with van der Waals surface area (Å²) in [5, 5.41) is 9.35. The molecule has 8 nitrogen and oxygen atoms in total. The number of rotatable bonds is 7. The maximum absolute atomic E-state index is 12.6. The summed E-state index contributed by atoms with van der Waals surface area (Å²) >= 11 is 0. The lowest BCUT2D eigenvalue weighted by molar-refractivity contribution is -0.130. The number of carbonyl (C=O) groups is 1. The van der Waals surface area contributed by atoms with Gasteiger partial charge < -0.3 is 9.80 Å². The number of nitrogens with one attached hydrogen (secondary N) is 1. The van der Waals surface area contributed by atoms with Crippen molar-refractivity contribution in [2.45, 2.75) is 39.2 Å². The van der Waals surface area contributed by atoms with Gasteiger partial charge in [-0.15, -0.1) is 0 Å². The summed E-state index contributed by atoms with van der Waals surface area (Å²) in [6, 6.07) is 9.47. The summed E-state index contributed by atoms with van der Waals surface area (Å²) in [4.78, 5) is 18.5. The zero-order chi connectivity index (χ0) is 22.4. The third kappa shape index (κ3) is 6.34. The third-order valence-corrected chi connectivity index (χ3v) is 7.17. The molecule has 0 aromatic heterocycles. The highest BCUT2D eigenvalue weighted by molar-refractivity contribution is 7.93. The summed E-state index contributed by atoms with van der Waals surface area (Å²) in [5.41, 5.74) is 1.56. The van der Waals surface area contributed by atoms with Crippen molar-refractivity contribution in [3.05, 3.63) is 24.3 Å². The van der Waals surface area contributed by atoms with E-state index in [1.54, 1.807) is 17.0 Å². The van der Waals surface area contributed by atoms with Crippen molar-refractivity contribution in [3.8, 4) is 6.07 Å². The normalized spacial score (nSPS) is 19.2. The monoisotopic (exact) mass is 447 g/mol. The summed E-state index contributed by atoms with van der Waals surface area (Å²) < 4.78 is 27.6. The van der Waals surface area contributed by atoms with Gasteiger partial charge in [0, 0.05) is 50.6 Å². The van der Waals surface area contributed by atoms with E-state index < -0.39 is 21.7 Å². The SMILES string of the molecule is CC(C)C(C#N)N1CCN(C(=O)CS(=O)(=O)Nc2ccc(N3CCCCC3)cc2)CC1. The van der Waals surface area contributed by atoms with Gasteiger partial charge in [0.25, 0.3) is 0 Å². The number of hydrogen-bond acceptors (Lipinski definition) is 6. The van der Waals surface area contributed by atoms with E-state index in [-0.39, 0.29) is 12.0 Å². The number of amides is 1. The highest BCUT2D eigenvalue weighted by Gasteiger charge is 2.29. The molecule has 1 aromatic carbocycles. The first-order chi connectivity index (χ1) is 14.8. The second kappa shape index (κ2) is 10.3. The summed E-state index contributed by atoms with van der Waals surface area (Å²) in [7, 11) is -3.79. The molecule has 2 aliphatic rings. The van der Waals surface area contributed by atoms with Gasteiger partial charge in [-0.25, -0.2) is 8.42 Å². The maximum Gasteiger partial charge on any atom is 0.241 e.